The van der Waals surface area contributed by atoms with Crippen LogP contribution in [-0.2, 0) is 16.1 Å². The summed E-state index contributed by atoms with van der Waals surface area (Å²) < 4.78 is 23.6. The van der Waals surface area contributed by atoms with Crippen molar-refractivity contribution in [2.45, 2.75) is 19.6 Å². The number of esters is 1. The second-order valence-electron chi connectivity index (χ2n) is 4.47. The number of rotatable bonds is 5. The molecule has 1 aromatic heterocycles. The van der Waals surface area contributed by atoms with Crippen molar-refractivity contribution < 1.29 is 23.1 Å². The van der Waals surface area contributed by atoms with E-state index < -0.39 is 23.8 Å². The summed E-state index contributed by atoms with van der Waals surface area (Å²) in [7, 11) is 0. The highest BCUT2D eigenvalue weighted by atomic mass is 35.5. The van der Waals surface area contributed by atoms with E-state index in [1.54, 1.807) is 12.1 Å². The average molecular weight is 326 g/mol. The normalized spacial score (nSPS) is 11.8. The fourth-order valence-electron chi connectivity index (χ4n) is 1.66. The minimum Gasteiger partial charge on any atom is -0.467 e. The maximum Gasteiger partial charge on any atom is 0.341 e. The summed E-state index contributed by atoms with van der Waals surface area (Å²) in [6.07, 6.45) is 0.409. The molecule has 1 unspecified atom stereocenters. The zero-order chi connectivity index (χ0) is 16.1. The Morgan fingerprint density at radius 3 is 2.82 bits per heavy atom. The SMILES string of the molecule is CC(OC(=O)c1ccc(Cl)cc1F)C(=O)NCc1ccco1. The lowest BCUT2D eigenvalue weighted by Gasteiger charge is -2.13. The summed E-state index contributed by atoms with van der Waals surface area (Å²) in [6.45, 7) is 1.56. The number of amides is 1. The van der Waals surface area contributed by atoms with Gasteiger partial charge < -0.3 is 14.5 Å². The summed E-state index contributed by atoms with van der Waals surface area (Å²) in [5.41, 5.74) is -0.282. The molecule has 0 saturated heterocycles. The Balaban J connectivity index is 1.91. The van der Waals surface area contributed by atoms with Crippen LogP contribution in [0, 0.1) is 5.82 Å². The third-order valence-electron chi connectivity index (χ3n) is 2.82. The van der Waals surface area contributed by atoms with E-state index in [2.05, 4.69) is 5.32 Å². The van der Waals surface area contributed by atoms with Crippen LogP contribution in [-0.4, -0.2) is 18.0 Å². The summed E-state index contributed by atoms with van der Waals surface area (Å²) in [5, 5.41) is 2.71. The average Bonchev–Trinajstić information content (AvgIpc) is 2.97. The molecule has 2 aromatic rings. The number of ether oxygens (including phenoxy) is 1. The molecular formula is C15H13ClFNO4. The van der Waals surface area contributed by atoms with E-state index in [-0.39, 0.29) is 17.1 Å². The molecule has 1 heterocycles. The second kappa shape index (κ2) is 7.09. The molecular weight excluding hydrogens is 313 g/mol. The summed E-state index contributed by atoms with van der Waals surface area (Å²) in [6, 6.07) is 6.95. The smallest absolute Gasteiger partial charge is 0.341 e. The Morgan fingerprint density at radius 2 is 2.18 bits per heavy atom. The topological polar surface area (TPSA) is 68.5 Å². The van der Waals surface area contributed by atoms with Crippen LogP contribution in [0.5, 0.6) is 0 Å². The molecule has 1 N–H and O–H groups in total. The van der Waals surface area contributed by atoms with E-state index in [1.807, 2.05) is 0 Å². The molecule has 7 heteroatoms. The molecule has 5 nitrogen and oxygen atoms in total. The molecule has 0 radical (unpaired) electrons. The van der Waals surface area contributed by atoms with Gasteiger partial charge in [-0.15, -0.1) is 0 Å². The van der Waals surface area contributed by atoms with Gasteiger partial charge in [-0.1, -0.05) is 11.6 Å². The number of carbonyl (C=O) groups excluding carboxylic acids is 2. The van der Waals surface area contributed by atoms with Crippen LogP contribution in [0.15, 0.2) is 41.0 Å². The number of halogens is 2. The van der Waals surface area contributed by atoms with Gasteiger partial charge in [0.05, 0.1) is 18.4 Å². The van der Waals surface area contributed by atoms with Crippen molar-refractivity contribution in [3.05, 3.63) is 58.8 Å². The summed E-state index contributed by atoms with van der Waals surface area (Å²) in [4.78, 5) is 23.6. The van der Waals surface area contributed by atoms with E-state index in [0.717, 1.165) is 6.07 Å². The second-order valence-corrected chi connectivity index (χ2v) is 4.91. The lowest BCUT2D eigenvalue weighted by Crippen LogP contribution is -2.35. The zero-order valence-electron chi connectivity index (χ0n) is 11.6. The Kier molecular flexibility index (Phi) is 5.16. The van der Waals surface area contributed by atoms with Crippen LogP contribution >= 0.6 is 11.6 Å². The fraction of sp³-hybridized carbons (Fsp3) is 0.200. The Labute approximate surface area is 131 Å². The third-order valence-corrected chi connectivity index (χ3v) is 3.06. The van der Waals surface area contributed by atoms with Crippen LogP contribution in [0.3, 0.4) is 0 Å². The van der Waals surface area contributed by atoms with E-state index in [1.165, 1.54) is 25.3 Å². The summed E-state index contributed by atoms with van der Waals surface area (Å²) in [5.74, 6) is -1.69. The van der Waals surface area contributed by atoms with Crippen molar-refractivity contribution in [3.8, 4) is 0 Å². The quantitative estimate of drug-likeness (QED) is 0.858. The molecule has 0 aliphatic rings. The number of hydrogen-bond donors (Lipinski definition) is 1. The molecule has 116 valence electrons. The van der Waals surface area contributed by atoms with Gasteiger partial charge in [0.15, 0.2) is 6.10 Å². The summed E-state index contributed by atoms with van der Waals surface area (Å²) >= 11 is 5.60. The van der Waals surface area contributed by atoms with E-state index in [4.69, 9.17) is 20.8 Å². The Hall–Kier alpha value is -2.34. The van der Waals surface area contributed by atoms with Crippen LogP contribution in [0.4, 0.5) is 4.39 Å². The standard InChI is InChI=1S/C15H13ClFNO4/c1-9(14(19)18-8-11-3-2-6-21-11)22-15(20)12-5-4-10(16)7-13(12)17/h2-7,9H,8H2,1H3,(H,18,19). The number of carbonyl (C=O) groups is 2. The van der Waals surface area contributed by atoms with Crippen molar-refractivity contribution >= 4 is 23.5 Å². The van der Waals surface area contributed by atoms with E-state index in [9.17, 15) is 14.0 Å². The number of furan rings is 1. The molecule has 0 saturated carbocycles. The molecule has 0 aliphatic carbocycles. The monoisotopic (exact) mass is 325 g/mol. The van der Waals surface area contributed by atoms with Crippen molar-refractivity contribution in [2.24, 2.45) is 0 Å². The van der Waals surface area contributed by atoms with Crippen LogP contribution in [0.25, 0.3) is 0 Å². The number of benzene rings is 1. The van der Waals surface area contributed by atoms with Crippen LogP contribution in [0.1, 0.15) is 23.0 Å². The first-order valence-electron chi connectivity index (χ1n) is 6.43. The number of nitrogens with one attached hydrogen (secondary N) is 1. The molecule has 0 bridgehead atoms. The van der Waals surface area contributed by atoms with Gasteiger partial charge in [-0.05, 0) is 37.3 Å². The van der Waals surface area contributed by atoms with Gasteiger partial charge in [-0.3, -0.25) is 4.79 Å². The molecule has 1 aromatic carbocycles. The van der Waals surface area contributed by atoms with Crippen molar-refractivity contribution in [2.75, 3.05) is 0 Å². The Morgan fingerprint density at radius 1 is 1.41 bits per heavy atom. The third kappa shape index (κ3) is 4.08. The van der Waals surface area contributed by atoms with Gasteiger partial charge >= 0.3 is 5.97 Å². The van der Waals surface area contributed by atoms with Gasteiger partial charge in [-0.2, -0.15) is 0 Å². The predicted molar refractivity (Wildman–Crippen MR) is 76.8 cm³/mol. The van der Waals surface area contributed by atoms with Gasteiger partial charge in [0.25, 0.3) is 5.91 Å². The first-order chi connectivity index (χ1) is 10.5. The largest absolute Gasteiger partial charge is 0.467 e. The minimum atomic E-state index is -1.07. The fourth-order valence-corrected chi connectivity index (χ4v) is 1.82. The predicted octanol–water partition coefficient (Wildman–Crippen LogP) is 2.93. The van der Waals surface area contributed by atoms with Crippen molar-refractivity contribution in [1.29, 1.82) is 0 Å². The van der Waals surface area contributed by atoms with Crippen LogP contribution in [0.2, 0.25) is 5.02 Å². The number of hydrogen-bond acceptors (Lipinski definition) is 4. The molecule has 0 fully saturated rings. The van der Waals surface area contributed by atoms with Gasteiger partial charge in [0, 0.05) is 5.02 Å². The minimum absolute atomic E-state index is 0.165. The maximum absolute atomic E-state index is 13.6. The van der Waals surface area contributed by atoms with Crippen LogP contribution < -0.4 is 5.32 Å². The van der Waals surface area contributed by atoms with Gasteiger partial charge in [0.2, 0.25) is 0 Å². The maximum atomic E-state index is 13.6. The van der Waals surface area contributed by atoms with Gasteiger partial charge in [0.1, 0.15) is 11.6 Å². The van der Waals surface area contributed by atoms with Crippen molar-refractivity contribution in [1.82, 2.24) is 5.32 Å². The lowest BCUT2D eigenvalue weighted by molar-refractivity contribution is -0.129. The molecule has 22 heavy (non-hydrogen) atoms. The highest BCUT2D eigenvalue weighted by Crippen LogP contribution is 2.16. The van der Waals surface area contributed by atoms with Crippen molar-refractivity contribution in [3.63, 3.8) is 0 Å². The van der Waals surface area contributed by atoms with E-state index in [0.29, 0.717) is 5.76 Å². The molecule has 1 atom stereocenters. The molecule has 1 amide bonds. The van der Waals surface area contributed by atoms with Gasteiger partial charge in [-0.25, -0.2) is 9.18 Å². The lowest BCUT2D eigenvalue weighted by atomic mass is 10.2. The first kappa shape index (κ1) is 16.0. The molecule has 0 aliphatic heterocycles. The molecule has 0 spiro atoms. The molecule has 2 rings (SSSR count). The zero-order valence-corrected chi connectivity index (χ0v) is 12.4. The Bertz CT molecular complexity index is 672. The first-order valence-corrected chi connectivity index (χ1v) is 6.81. The van der Waals surface area contributed by atoms with E-state index >= 15 is 0 Å². The highest BCUT2D eigenvalue weighted by molar-refractivity contribution is 6.30. The highest BCUT2D eigenvalue weighted by Gasteiger charge is 2.21.